The van der Waals surface area contributed by atoms with Gasteiger partial charge in [-0.1, -0.05) is 38.1 Å². The Balaban J connectivity index is 0.00000261. The third-order valence-corrected chi connectivity index (χ3v) is 4.29. The number of benzene rings is 2. The standard InChI is InChI=1S/C21H24N2O3.ClH/c1-14(2)21-22-18-9-5-6-10-19(18)23(21)12-16(25)13-26-20-11-7-4-8-17(20)15(3)24;/h4-11,14,16,25H,12-13H2,1-3H3;1H. The molecular weight excluding hydrogens is 364 g/mol. The van der Waals surface area contributed by atoms with Crippen LogP contribution in [0.4, 0.5) is 0 Å². The van der Waals surface area contributed by atoms with Crippen LogP contribution in [0.3, 0.4) is 0 Å². The molecule has 6 heteroatoms. The summed E-state index contributed by atoms with van der Waals surface area (Å²) < 4.78 is 7.76. The van der Waals surface area contributed by atoms with Gasteiger partial charge < -0.3 is 14.4 Å². The van der Waals surface area contributed by atoms with E-state index in [9.17, 15) is 9.90 Å². The van der Waals surface area contributed by atoms with Gasteiger partial charge in [0.15, 0.2) is 5.78 Å². The highest BCUT2D eigenvalue weighted by molar-refractivity contribution is 5.96. The predicted octanol–water partition coefficient (Wildman–Crippen LogP) is 4.22. The number of rotatable bonds is 7. The molecule has 0 bridgehead atoms. The lowest BCUT2D eigenvalue weighted by Crippen LogP contribution is -2.25. The van der Waals surface area contributed by atoms with Gasteiger partial charge in [0.25, 0.3) is 0 Å². The van der Waals surface area contributed by atoms with Crippen LogP contribution in [0.5, 0.6) is 5.75 Å². The van der Waals surface area contributed by atoms with Gasteiger partial charge in [-0.3, -0.25) is 4.79 Å². The fourth-order valence-corrected chi connectivity index (χ4v) is 3.06. The highest BCUT2D eigenvalue weighted by Gasteiger charge is 2.17. The molecule has 0 radical (unpaired) electrons. The van der Waals surface area contributed by atoms with Gasteiger partial charge in [-0.2, -0.15) is 0 Å². The van der Waals surface area contributed by atoms with Crippen LogP contribution in [-0.2, 0) is 6.54 Å². The summed E-state index contributed by atoms with van der Waals surface area (Å²) in [5, 5.41) is 10.5. The Morgan fingerprint density at radius 2 is 1.81 bits per heavy atom. The van der Waals surface area contributed by atoms with E-state index in [2.05, 4.69) is 18.8 Å². The molecular formula is C21H25ClN2O3. The lowest BCUT2D eigenvalue weighted by Gasteiger charge is -2.17. The van der Waals surface area contributed by atoms with Gasteiger partial charge in [0.05, 0.1) is 23.1 Å². The lowest BCUT2D eigenvalue weighted by molar-refractivity contribution is 0.0897. The number of hydrogen-bond donors (Lipinski definition) is 1. The Labute approximate surface area is 165 Å². The number of halogens is 1. The third-order valence-electron chi connectivity index (χ3n) is 4.29. The van der Waals surface area contributed by atoms with E-state index in [1.54, 1.807) is 18.2 Å². The van der Waals surface area contributed by atoms with Crippen molar-refractivity contribution in [1.29, 1.82) is 0 Å². The van der Waals surface area contributed by atoms with Crippen LogP contribution in [0.1, 0.15) is 42.9 Å². The van der Waals surface area contributed by atoms with E-state index in [-0.39, 0.29) is 30.7 Å². The number of hydrogen-bond acceptors (Lipinski definition) is 4. The van der Waals surface area contributed by atoms with E-state index in [1.165, 1.54) is 6.92 Å². The largest absolute Gasteiger partial charge is 0.490 e. The van der Waals surface area contributed by atoms with E-state index < -0.39 is 6.10 Å². The minimum Gasteiger partial charge on any atom is -0.490 e. The van der Waals surface area contributed by atoms with Gasteiger partial charge in [0, 0.05) is 5.92 Å². The molecule has 2 aromatic carbocycles. The van der Waals surface area contributed by atoms with Crippen molar-refractivity contribution in [3.63, 3.8) is 0 Å². The van der Waals surface area contributed by atoms with Crippen LogP contribution in [0.15, 0.2) is 48.5 Å². The Morgan fingerprint density at radius 1 is 1.15 bits per heavy atom. The SMILES string of the molecule is CC(=O)c1ccccc1OCC(O)Cn1c(C(C)C)nc2ccccc21.Cl. The normalized spacial score (nSPS) is 12.0. The zero-order chi connectivity index (χ0) is 18.7. The molecule has 0 spiro atoms. The van der Waals surface area contributed by atoms with Crippen molar-refractivity contribution in [2.45, 2.75) is 39.3 Å². The second-order valence-corrected chi connectivity index (χ2v) is 6.74. The van der Waals surface area contributed by atoms with Gasteiger partial charge in [0.2, 0.25) is 0 Å². The maximum Gasteiger partial charge on any atom is 0.163 e. The number of ether oxygens (including phenoxy) is 1. The number of aromatic nitrogens is 2. The smallest absolute Gasteiger partial charge is 0.163 e. The summed E-state index contributed by atoms with van der Waals surface area (Å²) in [6.07, 6.45) is -0.717. The van der Waals surface area contributed by atoms with Crippen LogP contribution in [0.25, 0.3) is 11.0 Å². The average Bonchev–Trinajstić information content (AvgIpc) is 2.99. The molecule has 3 rings (SSSR count). The van der Waals surface area contributed by atoms with Gasteiger partial charge in [-0.15, -0.1) is 12.4 Å². The molecule has 0 aliphatic rings. The molecule has 144 valence electrons. The highest BCUT2D eigenvalue weighted by Crippen LogP contribution is 2.23. The molecule has 0 fully saturated rings. The molecule has 1 N–H and O–H groups in total. The molecule has 0 amide bonds. The first-order valence-electron chi connectivity index (χ1n) is 8.83. The van der Waals surface area contributed by atoms with E-state index in [1.807, 2.05) is 34.9 Å². The topological polar surface area (TPSA) is 64.3 Å². The van der Waals surface area contributed by atoms with E-state index in [0.29, 0.717) is 17.9 Å². The monoisotopic (exact) mass is 388 g/mol. The Kier molecular flexibility index (Phi) is 6.99. The van der Waals surface area contributed by atoms with E-state index in [4.69, 9.17) is 4.74 Å². The van der Waals surface area contributed by atoms with Gasteiger partial charge in [-0.05, 0) is 31.2 Å². The number of imidazole rings is 1. The molecule has 5 nitrogen and oxygen atoms in total. The first-order valence-corrected chi connectivity index (χ1v) is 8.83. The molecule has 1 atom stereocenters. The first-order chi connectivity index (χ1) is 12.5. The third kappa shape index (κ3) is 4.67. The maximum atomic E-state index is 11.7. The summed E-state index contributed by atoms with van der Waals surface area (Å²) in [6.45, 7) is 6.17. The maximum absolute atomic E-state index is 11.7. The Hall–Kier alpha value is -2.37. The summed E-state index contributed by atoms with van der Waals surface area (Å²) in [5.74, 6) is 1.62. The zero-order valence-corrected chi connectivity index (χ0v) is 16.6. The summed E-state index contributed by atoms with van der Waals surface area (Å²) in [6, 6.07) is 15.0. The number of fused-ring (bicyclic) bond motifs is 1. The summed E-state index contributed by atoms with van der Waals surface area (Å²) in [5.41, 5.74) is 2.45. The van der Waals surface area contributed by atoms with Crippen molar-refractivity contribution in [1.82, 2.24) is 9.55 Å². The molecule has 0 aliphatic heterocycles. The molecule has 1 heterocycles. The first kappa shape index (κ1) is 20.9. The van der Waals surface area contributed by atoms with Crippen molar-refractivity contribution in [2.24, 2.45) is 0 Å². The number of carbonyl (C=O) groups excluding carboxylic acids is 1. The molecule has 0 aliphatic carbocycles. The summed E-state index contributed by atoms with van der Waals surface area (Å²) in [4.78, 5) is 16.4. The molecule has 0 saturated heterocycles. The van der Waals surface area contributed by atoms with E-state index >= 15 is 0 Å². The second-order valence-electron chi connectivity index (χ2n) is 6.74. The number of para-hydroxylation sites is 3. The molecule has 27 heavy (non-hydrogen) atoms. The highest BCUT2D eigenvalue weighted by atomic mass is 35.5. The van der Waals surface area contributed by atoms with Crippen LogP contribution in [-0.4, -0.2) is 33.2 Å². The minimum absolute atomic E-state index is 0. The van der Waals surface area contributed by atoms with Crippen molar-refractivity contribution < 1.29 is 14.6 Å². The second kappa shape index (κ2) is 9.02. The molecule has 1 unspecified atom stereocenters. The van der Waals surface area contributed by atoms with Crippen molar-refractivity contribution in [3.05, 3.63) is 59.9 Å². The molecule has 1 aromatic heterocycles. The number of ketones is 1. The number of aliphatic hydroxyl groups excluding tert-OH is 1. The summed E-state index contributed by atoms with van der Waals surface area (Å²) in [7, 11) is 0. The number of aliphatic hydroxyl groups is 1. The quantitative estimate of drug-likeness (QED) is 0.615. The predicted molar refractivity (Wildman–Crippen MR) is 109 cm³/mol. The fourth-order valence-electron chi connectivity index (χ4n) is 3.06. The van der Waals surface area contributed by atoms with Crippen LogP contribution in [0, 0.1) is 0 Å². The van der Waals surface area contributed by atoms with Crippen molar-refractivity contribution in [3.8, 4) is 5.75 Å². The zero-order valence-electron chi connectivity index (χ0n) is 15.8. The fraction of sp³-hybridized carbons (Fsp3) is 0.333. The Bertz CT molecular complexity index is 921. The van der Waals surface area contributed by atoms with Gasteiger partial charge in [-0.25, -0.2) is 4.98 Å². The van der Waals surface area contributed by atoms with Crippen molar-refractivity contribution >= 4 is 29.2 Å². The summed E-state index contributed by atoms with van der Waals surface area (Å²) >= 11 is 0. The number of carbonyl (C=O) groups is 1. The van der Waals surface area contributed by atoms with Gasteiger partial charge >= 0.3 is 0 Å². The van der Waals surface area contributed by atoms with Crippen LogP contribution in [0.2, 0.25) is 0 Å². The molecule has 3 aromatic rings. The average molecular weight is 389 g/mol. The number of nitrogens with zero attached hydrogens (tertiary/aromatic N) is 2. The van der Waals surface area contributed by atoms with E-state index in [0.717, 1.165) is 16.9 Å². The molecule has 0 saturated carbocycles. The van der Waals surface area contributed by atoms with Gasteiger partial charge in [0.1, 0.15) is 24.3 Å². The lowest BCUT2D eigenvalue weighted by atomic mass is 10.1. The van der Waals surface area contributed by atoms with Crippen LogP contribution < -0.4 is 4.74 Å². The number of Topliss-reactive ketones (excluding diaryl/α,β-unsaturated/α-hetero) is 1. The van der Waals surface area contributed by atoms with Crippen LogP contribution >= 0.6 is 12.4 Å². The minimum atomic E-state index is -0.717. The van der Waals surface area contributed by atoms with Crippen molar-refractivity contribution in [2.75, 3.05) is 6.61 Å². The Morgan fingerprint density at radius 3 is 2.52 bits per heavy atom.